The van der Waals surface area contributed by atoms with Crippen LogP contribution in [-0.2, 0) is 12.8 Å². The minimum absolute atomic E-state index is 0.970. The molecule has 0 atom stereocenters. The number of aromatic nitrogens is 2. The Hall–Kier alpha value is -2.38. The van der Waals surface area contributed by atoms with Crippen molar-refractivity contribution in [3.8, 4) is 5.75 Å². The first kappa shape index (κ1) is 21.5. The van der Waals surface area contributed by atoms with Gasteiger partial charge in [-0.05, 0) is 62.8 Å². The minimum atomic E-state index is 0.970. The second-order valence-corrected chi connectivity index (χ2v) is 9.83. The van der Waals surface area contributed by atoms with E-state index in [0.29, 0.717) is 0 Å². The van der Waals surface area contributed by atoms with E-state index in [-0.39, 0.29) is 0 Å². The van der Waals surface area contributed by atoms with Gasteiger partial charge in [-0.2, -0.15) is 0 Å². The minimum Gasteiger partial charge on any atom is -0.495 e. The molecule has 32 heavy (non-hydrogen) atoms. The van der Waals surface area contributed by atoms with E-state index in [0.717, 1.165) is 62.1 Å². The quantitative estimate of drug-likeness (QED) is 0.506. The summed E-state index contributed by atoms with van der Waals surface area (Å²) >= 11 is 1.87. The van der Waals surface area contributed by atoms with Crippen LogP contribution in [0.1, 0.15) is 36.1 Å². The van der Waals surface area contributed by atoms with Crippen molar-refractivity contribution < 1.29 is 4.74 Å². The molecular formula is C25H33N5OS. The Labute approximate surface area is 194 Å². The van der Waals surface area contributed by atoms with Gasteiger partial charge in [-0.25, -0.2) is 9.97 Å². The maximum absolute atomic E-state index is 5.54. The molecule has 0 spiro atoms. The summed E-state index contributed by atoms with van der Waals surface area (Å²) in [5, 5.41) is 4.91. The lowest BCUT2D eigenvalue weighted by Crippen LogP contribution is -2.46. The number of rotatable bonds is 8. The van der Waals surface area contributed by atoms with Crippen LogP contribution in [-0.4, -0.2) is 61.2 Å². The zero-order valence-electron chi connectivity index (χ0n) is 19.0. The van der Waals surface area contributed by atoms with Crippen LogP contribution in [0.2, 0.25) is 0 Å². The summed E-state index contributed by atoms with van der Waals surface area (Å²) < 4.78 is 5.54. The van der Waals surface area contributed by atoms with Gasteiger partial charge >= 0.3 is 0 Å². The van der Waals surface area contributed by atoms with Crippen LogP contribution in [0.5, 0.6) is 5.75 Å². The number of nitrogens with one attached hydrogen (secondary N) is 1. The van der Waals surface area contributed by atoms with Crippen molar-refractivity contribution in [2.45, 2.75) is 38.5 Å². The number of aryl methyl sites for hydroxylation is 2. The van der Waals surface area contributed by atoms with Crippen LogP contribution in [0.25, 0.3) is 10.2 Å². The molecule has 170 valence electrons. The van der Waals surface area contributed by atoms with Gasteiger partial charge < -0.3 is 15.0 Å². The van der Waals surface area contributed by atoms with E-state index in [2.05, 4.69) is 37.2 Å². The average Bonchev–Trinajstić information content (AvgIpc) is 3.24. The Morgan fingerprint density at radius 3 is 2.75 bits per heavy atom. The van der Waals surface area contributed by atoms with Crippen LogP contribution < -0.4 is 15.0 Å². The highest BCUT2D eigenvalue weighted by Gasteiger charge is 2.20. The standard InChI is InChI=1S/C25H33N5OS/c1-31-21-10-4-3-9-20(21)30-16-14-29(15-17-30)13-7-6-12-26-24-23-19-8-2-5-11-22(19)32-25(23)28-18-27-24/h3-4,9-10,18H,2,5-8,11-17H2,1H3,(H,26,27,28). The van der Waals surface area contributed by atoms with Gasteiger partial charge in [0.1, 0.15) is 22.7 Å². The Bertz CT molecular complexity index is 1040. The molecule has 1 saturated heterocycles. The zero-order valence-corrected chi connectivity index (χ0v) is 19.8. The summed E-state index contributed by atoms with van der Waals surface area (Å²) in [6.45, 7) is 6.46. The Kier molecular flexibility index (Phi) is 6.74. The number of ether oxygens (including phenoxy) is 1. The third kappa shape index (κ3) is 4.55. The number of benzene rings is 1. The third-order valence-corrected chi connectivity index (χ3v) is 7.94. The maximum atomic E-state index is 5.54. The Balaban J connectivity index is 1.08. The number of para-hydroxylation sites is 2. The second-order valence-electron chi connectivity index (χ2n) is 8.75. The number of unbranched alkanes of at least 4 members (excludes halogenated alkanes) is 1. The predicted molar refractivity (Wildman–Crippen MR) is 133 cm³/mol. The molecule has 1 aliphatic carbocycles. The van der Waals surface area contributed by atoms with Gasteiger partial charge in [0.15, 0.2) is 0 Å². The van der Waals surface area contributed by atoms with E-state index in [4.69, 9.17) is 4.74 Å². The van der Waals surface area contributed by atoms with Crippen molar-refractivity contribution >= 4 is 33.1 Å². The molecule has 0 saturated carbocycles. The molecule has 2 aliphatic rings. The summed E-state index contributed by atoms with van der Waals surface area (Å²) in [5.74, 6) is 2.01. The van der Waals surface area contributed by atoms with Gasteiger partial charge in [-0.1, -0.05) is 12.1 Å². The highest BCUT2D eigenvalue weighted by Crippen LogP contribution is 2.38. The number of hydrogen-bond acceptors (Lipinski definition) is 7. The lowest BCUT2D eigenvalue weighted by atomic mass is 9.97. The molecule has 7 heteroatoms. The monoisotopic (exact) mass is 451 g/mol. The summed E-state index contributed by atoms with van der Waals surface area (Å²) in [4.78, 5) is 16.8. The molecular weight excluding hydrogens is 418 g/mol. The van der Waals surface area contributed by atoms with E-state index in [1.807, 2.05) is 23.5 Å². The van der Waals surface area contributed by atoms with Crippen molar-refractivity contribution in [2.75, 3.05) is 56.6 Å². The first-order valence-corrected chi connectivity index (χ1v) is 12.7. The average molecular weight is 452 g/mol. The van der Waals surface area contributed by atoms with E-state index in [9.17, 15) is 0 Å². The smallest absolute Gasteiger partial charge is 0.142 e. The molecule has 5 rings (SSSR count). The van der Waals surface area contributed by atoms with E-state index in [1.165, 1.54) is 53.6 Å². The lowest BCUT2D eigenvalue weighted by molar-refractivity contribution is 0.253. The molecule has 1 aromatic carbocycles. The van der Waals surface area contributed by atoms with E-state index in [1.54, 1.807) is 13.4 Å². The topological polar surface area (TPSA) is 53.5 Å². The number of anilines is 2. The number of hydrogen-bond donors (Lipinski definition) is 1. The SMILES string of the molecule is COc1ccccc1N1CCN(CCCCNc2ncnc3sc4c(c23)CCCC4)CC1. The Morgan fingerprint density at radius 1 is 1.03 bits per heavy atom. The fourth-order valence-electron chi connectivity index (χ4n) is 4.99. The van der Waals surface area contributed by atoms with Crippen molar-refractivity contribution in [1.82, 2.24) is 14.9 Å². The summed E-state index contributed by atoms with van der Waals surface area (Å²) in [7, 11) is 1.75. The highest BCUT2D eigenvalue weighted by atomic mass is 32.1. The Morgan fingerprint density at radius 2 is 1.88 bits per heavy atom. The molecule has 1 aliphatic heterocycles. The normalized spacial score (nSPS) is 16.8. The van der Waals surface area contributed by atoms with Crippen molar-refractivity contribution in [3.05, 3.63) is 41.0 Å². The molecule has 0 radical (unpaired) electrons. The summed E-state index contributed by atoms with van der Waals surface area (Å²) in [6, 6.07) is 8.34. The van der Waals surface area contributed by atoms with Gasteiger partial charge in [0.05, 0.1) is 18.2 Å². The number of methoxy groups -OCH3 is 1. The van der Waals surface area contributed by atoms with Gasteiger partial charge in [-0.3, -0.25) is 4.90 Å². The van der Waals surface area contributed by atoms with Crippen molar-refractivity contribution in [3.63, 3.8) is 0 Å². The van der Waals surface area contributed by atoms with E-state index < -0.39 is 0 Å². The van der Waals surface area contributed by atoms with Gasteiger partial charge in [0.2, 0.25) is 0 Å². The third-order valence-electron chi connectivity index (χ3n) is 6.74. The molecule has 1 fully saturated rings. The van der Waals surface area contributed by atoms with Crippen LogP contribution in [0.3, 0.4) is 0 Å². The molecule has 6 nitrogen and oxygen atoms in total. The van der Waals surface area contributed by atoms with Crippen LogP contribution in [0.15, 0.2) is 30.6 Å². The number of fused-ring (bicyclic) bond motifs is 3. The molecule has 2 aromatic heterocycles. The van der Waals surface area contributed by atoms with E-state index >= 15 is 0 Å². The molecule has 1 N–H and O–H groups in total. The summed E-state index contributed by atoms with van der Waals surface area (Å²) in [6.07, 6.45) is 9.06. The number of piperazine rings is 1. The largest absolute Gasteiger partial charge is 0.495 e. The van der Waals surface area contributed by atoms with Gasteiger partial charge in [0.25, 0.3) is 0 Å². The molecule has 0 bridgehead atoms. The lowest BCUT2D eigenvalue weighted by Gasteiger charge is -2.36. The fraction of sp³-hybridized carbons (Fsp3) is 0.520. The molecule has 3 heterocycles. The van der Waals surface area contributed by atoms with Crippen LogP contribution >= 0.6 is 11.3 Å². The van der Waals surface area contributed by atoms with Crippen molar-refractivity contribution in [2.24, 2.45) is 0 Å². The highest BCUT2D eigenvalue weighted by molar-refractivity contribution is 7.19. The van der Waals surface area contributed by atoms with Gasteiger partial charge in [0, 0.05) is 37.6 Å². The molecule has 0 unspecified atom stereocenters. The number of nitrogens with zero attached hydrogens (tertiary/aromatic N) is 4. The molecule has 0 amide bonds. The summed E-state index contributed by atoms with van der Waals surface area (Å²) in [5.41, 5.74) is 2.72. The fourth-order valence-corrected chi connectivity index (χ4v) is 6.22. The first-order chi connectivity index (χ1) is 15.8. The second kappa shape index (κ2) is 10.0. The van der Waals surface area contributed by atoms with Crippen LogP contribution in [0, 0.1) is 0 Å². The number of thiophene rings is 1. The van der Waals surface area contributed by atoms with Gasteiger partial charge in [-0.15, -0.1) is 11.3 Å². The zero-order chi connectivity index (χ0) is 21.8. The predicted octanol–water partition coefficient (Wildman–Crippen LogP) is 4.59. The maximum Gasteiger partial charge on any atom is 0.142 e. The molecule has 3 aromatic rings. The van der Waals surface area contributed by atoms with Crippen LogP contribution in [0.4, 0.5) is 11.5 Å². The first-order valence-electron chi connectivity index (χ1n) is 11.9. The van der Waals surface area contributed by atoms with Crippen molar-refractivity contribution in [1.29, 1.82) is 0 Å².